The summed E-state index contributed by atoms with van der Waals surface area (Å²) >= 11 is 5.94. The van der Waals surface area contributed by atoms with E-state index in [4.69, 9.17) is 25.8 Å². The van der Waals surface area contributed by atoms with Crippen molar-refractivity contribution in [2.45, 2.75) is 43.6 Å². The van der Waals surface area contributed by atoms with Crippen LogP contribution in [0.5, 0.6) is 17.5 Å². The number of halogens is 4. The number of fused-ring (bicyclic) bond motifs is 1. The Bertz CT molecular complexity index is 1290. The minimum atomic E-state index is -2.72. The second-order valence-corrected chi connectivity index (χ2v) is 12.5. The number of nitrogens with one attached hydrogen (secondary N) is 1. The van der Waals surface area contributed by atoms with Crippen molar-refractivity contribution in [3.05, 3.63) is 29.4 Å². The molecule has 0 aliphatic carbocycles. The van der Waals surface area contributed by atoms with Gasteiger partial charge in [0, 0.05) is 53.2 Å². The number of pyridine rings is 2. The molecule has 0 radical (unpaired) electrons. The van der Waals surface area contributed by atoms with Crippen LogP contribution in [0.15, 0.2) is 24.4 Å². The molecule has 0 bridgehead atoms. The summed E-state index contributed by atoms with van der Waals surface area (Å²) < 4.78 is 68.6. The molecule has 2 fully saturated rings. The van der Waals surface area contributed by atoms with Gasteiger partial charge in [0.1, 0.15) is 6.61 Å². The predicted molar refractivity (Wildman–Crippen MR) is 143 cm³/mol. The summed E-state index contributed by atoms with van der Waals surface area (Å²) in [5.74, 6) is 0.831. The van der Waals surface area contributed by atoms with Crippen LogP contribution >= 0.6 is 11.6 Å². The Hall–Kier alpha value is -2.84. The molecule has 5 rings (SSSR count). The van der Waals surface area contributed by atoms with E-state index in [2.05, 4.69) is 15.3 Å². The van der Waals surface area contributed by atoms with Crippen molar-refractivity contribution in [3.63, 3.8) is 0 Å². The fourth-order valence-corrected chi connectivity index (χ4v) is 6.57. The molecule has 0 saturated carbocycles. The van der Waals surface area contributed by atoms with Gasteiger partial charge >= 0.3 is 0 Å². The fourth-order valence-electron chi connectivity index (χ4n) is 4.86. The highest BCUT2D eigenvalue weighted by Gasteiger charge is 2.48. The largest absolute Gasteiger partial charge is 0.482 e. The molecular weight excluding hydrogens is 575 g/mol. The number of anilines is 2. The van der Waals surface area contributed by atoms with Crippen molar-refractivity contribution < 1.29 is 36.4 Å². The molecule has 1 atom stereocenters. The first kappa shape index (κ1) is 28.7. The highest BCUT2D eigenvalue weighted by molar-refractivity contribution is 7.85. The van der Waals surface area contributed by atoms with E-state index in [0.29, 0.717) is 35.9 Å². The van der Waals surface area contributed by atoms with Gasteiger partial charge in [-0.3, -0.25) is 9.00 Å². The van der Waals surface area contributed by atoms with E-state index in [1.807, 2.05) is 6.92 Å². The lowest BCUT2D eigenvalue weighted by molar-refractivity contribution is -0.129. The molecule has 15 heteroatoms. The third-order valence-electron chi connectivity index (χ3n) is 7.08. The molecule has 0 aromatic carbocycles. The third-order valence-corrected chi connectivity index (χ3v) is 8.61. The van der Waals surface area contributed by atoms with Crippen molar-refractivity contribution in [3.8, 4) is 17.5 Å². The highest BCUT2D eigenvalue weighted by Crippen LogP contribution is 2.42. The van der Waals surface area contributed by atoms with Crippen LogP contribution in [0.25, 0.3) is 0 Å². The Morgan fingerprint density at radius 1 is 1.32 bits per heavy atom. The van der Waals surface area contributed by atoms with E-state index in [0.717, 1.165) is 0 Å². The maximum absolute atomic E-state index is 15.3. The number of carbonyl (C=O) groups is 1. The third kappa shape index (κ3) is 6.08. The number of likely N-dealkylation sites (N-methyl/N-ethyl adjacent to an activating group) is 1. The lowest BCUT2D eigenvalue weighted by Gasteiger charge is -2.41. The number of rotatable bonds is 9. The summed E-state index contributed by atoms with van der Waals surface area (Å²) in [5.41, 5.74) is -1.67. The standard InChI is InChI=1S/C25H29ClF3N5O5S/c1-24(5-7-40(36)8-6-24)32-21(35)23-33(2)20-16(34(23)12-25(29)13-37-14-25)3-4-19(31-20)39-22-17(38-11-18(27)28)9-15(26)10-30-22/h3-4,9-10,18,23H,5-8,11-14H2,1-2H3,(H,32,35). The molecule has 2 saturated heterocycles. The Labute approximate surface area is 236 Å². The number of alkyl halides is 3. The zero-order chi connectivity index (χ0) is 28.7. The Morgan fingerprint density at radius 3 is 2.70 bits per heavy atom. The molecule has 218 valence electrons. The van der Waals surface area contributed by atoms with Crippen LogP contribution in [0, 0.1) is 0 Å². The van der Waals surface area contributed by atoms with Gasteiger partial charge in [0.25, 0.3) is 18.2 Å². The average Bonchev–Trinajstić information content (AvgIpc) is 3.15. The summed E-state index contributed by atoms with van der Waals surface area (Å²) in [6, 6.07) is 4.45. The van der Waals surface area contributed by atoms with Gasteiger partial charge in [-0.1, -0.05) is 11.6 Å². The van der Waals surface area contributed by atoms with Gasteiger partial charge in [-0.15, -0.1) is 0 Å². The zero-order valence-corrected chi connectivity index (χ0v) is 23.4. The maximum Gasteiger partial charge on any atom is 0.272 e. The van der Waals surface area contributed by atoms with Crippen molar-refractivity contribution in [2.24, 2.45) is 0 Å². The predicted octanol–water partition coefficient (Wildman–Crippen LogP) is 3.30. The van der Waals surface area contributed by atoms with Crippen LogP contribution in [0.2, 0.25) is 5.02 Å². The summed E-state index contributed by atoms with van der Waals surface area (Å²) in [5, 5.41) is 3.26. The normalized spacial score (nSPS) is 25.4. The summed E-state index contributed by atoms with van der Waals surface area (Å²) in [4.78, 5) is 25.5. The Balaban J connectivity index is 1.41. The van der Waals surface area contributed by atoms with Crippen LogP contribution in [0.4, 0.5) is 24.7 Å². The Morgan fingerprint density at radius 2 is 2.05 bits per heavy atom. The topological polar surface area (TPSA) is 106 Å². The molecule has 3 aliphatic rings. The Kier molecular flexibility index (Phi) is 8.03. The molecule has 1 unspecified atom stereocenters. The first-order valence-electron chi connectivity index (χ1n) is 12.6. The number of nitrogens with zero attached hydrogens (tertiary/aromatic N) is 4. The van der Waals surface area contributed by atoms with Crippen molar-refractivity contribution in [1.29, 1.82) is 0 Å². The molecule has 40 heavy (non-hydrogen) atoms. The summed E-state index contributed by atoms with van der Waals surface area (Å²) in [7, 11) is 0.763. The van der Waals surface area contributed by atoms with Gasteiger partial charge in [0.2, 0.25) is 5.88 Å². The van der Waals surface area contributed by atoms with Gasteiger partial charge in [-0.2, -0.15) is 4.98 Å². The molecular formula is C25H29ClF3N5O5S. The zero-order valence-electron chi connectivity index (χ0n) is 21.9. The highest BCUT2D eigenvalue weighted by atomic mass is 35.5. The molecule has 1 N–H and O–H groups in total. The van der Waals surface area contributed by atoms with E-state index in [1.165, 1.54) is 18.3 Å². The van der Waals surface area contributed by atoms with Crippen molar-refractivity contribution in [2.75, 3.05) is 54.7 Å². The van der Waals surface area contributed by atoms with E-state index in [-0.39, 0.29) is 48.2 Å². The van der Waals surface area contributed by atoms with Gasteiger partial charge in [0.05, 0.1) is 30.5 Å². The minimum Gasteiger partial charge on any atom is -0.482 e. The van der Waals surface area contributed by atoms with E-state index in [9.17, 15) is 17.8 Å². The quantitative estimate of drug-likeness (QED) is 0.462. The number of ether oxygens (including phenoxy) is 3. The van der Waals surface area contributed by atoms with Gasteiger partial charge in [0.15, 0.2) is 23.4 Å². The molecule has 2 aromatic heterocycles. The van der Waals surface area contributed by atoms with E-state index < -0.39 is 41.2 Å². The van der Waals surface area contributed by atoms with Crippen LogP contribution < -0.4 is 24.6 Å². The lowest BCUT2D eigenvalue weighted by atomic mass is 9.94. The number of aromatic nitrogens is 2. The number of hydrogen-bond acceptors (Lipinski definition) is 9. The summed E-state index contributed by atoms with van der Waals surface area (Å²) in [6.45, 7) is 0.766. The van der Waals surface area contributed by atoms with Crippen LogP contribution in [0.1, 0.15) is 19.8 Å². The van der Waals surface area contributed by atoms with Crippen LogP contribution in [0.3, 0.4) is 0 Å². The second kappa shape index (κ2) is 11.2. The number of hydrogen-bond donors (Lipinski definition) is 1. The molecule has 0 spiro atoms. The van der Waals surface area contributed by atoms with Crippen molar-refractivity contribution >= 4 is 39.8 Å². The minimum absolute atomic E-state index is 0.0481. The van der Waals surface area contributed by atoms with E-state index in [1.54, 1.807) is 22.9 Å². The SMILES string of the molecule is CN1c2nc(Oc3ncc(Cl)cc3OCC(F)F)ccc2N(CC2(F)COC2)C1C(=O)NC1(C)CCS(=O)CC1. The monoisotopic (exact) mass is 603 g/mol. The van der Waals surface area contributed by atoms with Gasteiger partial charge in [-0.25, -0.2) is 18.2 Å². The molecule has 2 aromatic rings. The van der Waals surface area contributed by atoms with E-state index >= 15 is 4.39 Å². The van der Waals surface area contributed by atoms with Crippen LogP contribution in [-0.4, -0.2) is 88.8 Å². The van der Waals surface area contributed by atoms with Crippen LogP contribution in [-0.2, 0) is 20.3 Å². The van der Waals surface area contributed by atoms with Crippen molar-refractivity contribution in [1.82, 2.24) is 15.3 Å². The first-order chi connectivity index (χ1) is 19.0. The molecule has 3 aliphatic heterocycles. The smallest absolute Gasteiger partial charge is 0.272 e. The maximum atomic E-state index is 15.3. The summed E-state index contributed by atoms with van der Waals surface area (Å²) in [6.07, 6.45) is -1.23. The number of amides is 1. The second-order valence-electron chi connectivity index (χ2n) is 10.4. The average molecular weight is 604 g/mol. The lowest BCUT2D eigenvalue weighted by Crippen LogP contribution is -2.62. The number of carbonyl (C=O) groups excluding carboxylic acids is 1. The van der Waals surface area contributed by atoms with Gasteiger partial charge in [-0.05, 0) is 25.8 Å². The van der Waals surface area contributed by atoms with Gasteiger partial charge < -0.3 is 29.3 Å². The first-order valence-corrected chi connectivity index (χ1v) is 14.5. The molecule has 5 heterocycles. The fraction of sp³-hybridized carbons (Fsp3) is 0.560. The molecule has 10 nitrogen and oxygen atoms in total. The molecule has 1 amide bonds.